The minimum atomic E-state index is -0.147. The van der Waals surface area contributed by atoms with Gasteiger partial charge in [-0.15, -0.1) is 0 Å². The first-order valence-electron chi connectivity index (χ1n) is 11.9. The highest BCUT2D eigenvalue weighted by atomic mass is 16.6. The lowest BCUT2D eigenvalue weighted by atomic mass is 9.86. The van der Waals surface area contributed by atoms with Crippen molar-refractivity contribution in [3.63, 3.8) is 0 Å². The summed E-state index contributed by atoms with van der Waals surface area (Å²) < 4.78 is 4.66. The Hall–Kier alpha value is -2.55. The van der Waals surface area contributed by atoms with Crippen molar-refractivity contribution in [3.05, 3.63) is 38.8 Å². The predicted molar refractivity (Wildman–Crippen MR) is 117 cm³/mol. The Bertz CT molecular complexity index is 1030. The Kier molecular flexibility index (Phi) is 5.84. The van der Waals surface area contributed by atoms with Gasteiger partial charge in [-0.2, -0.15) is 0 Å². The number of likely N-dealkylation sites (tertiary alicyclic amines) is 1. The highest BCUT2D eigenvalue weighted by molar-refractivity contribution is 5.93. The van der Waals surface area contributed by atoms with Gasteiger partial charge in [0.25, 0.3) is 11.5 Å². The number of aromatic nitrogens is 4. The number of hydrogen-bond acceptors (Lipinski definition) is 7. The molecule has 2 aliphatic heterocycles. The largest absolute Gasteiger partial charge is 0.337 e. The van der Waals surface area contributed by atoms with Crippen LogP contribution in [0, 0.1) is 12.8 Å². The summed E-state index contributed by atoms with van der Waals surface area (Å²) in [5.74, 6) is 1.62. The molecule has 0 atom stereocenters. The second-order valence-electron chi connectivity index (χ2n) is 9.78. The summed E-state index contributed by atoms with van der Waals surface area (Å²) in [7, 11) is 0. The molecule has 2 aromatic rings. The molecule has 9 heteroatoms. The fourth-order valence-electron chi connectivity index (χ4n) is 5.51. The van der Waals surface area contributed by atoms with Crippen molar-refractivity contribution in [2.24, 2.45) is 5.92 Å². The van der Waals surface area contributed by atoms with Gasteiger partial charge >= 0.3 is 0 Å². The average Bonchev–Trinajstić information content (AvgIpc) is 3.25. The standard InChI is InChI=1S/C23H32N6O3/c1-14-3-5-17(6-4-14)29-12-9-19-18(13-29)22(30)25-21(24-19)16-7-10-28(11-8-16)23(31)20-15(2)26-32-27-20/h14,16-17H,3-13H2,1-2H3,(H,24,25,30). The maximum atomic E-state index is 13.0. The van der Waals surface area contributed by atoms with E-state index < -0.39 is 0 Å². The van der Waals surface area contributed by atoms with Crippen molar-refractivity contribution in [1.29, 1.82) is 0 Å². The molecule has 0 unspecified atom stereocenters. The van der Waals surface area contributed by atoms with E-state index in [9.17, 15) is 9.59 Å². The van der Waals surface area contributed by atoms with Crippen LogP contribution in [0.5, 0.6) is 0 Å². The van der Waals surface area contributed by atoms with Crippen molar-refractivity contribution in [2.45, 2.75) is 77.3 Å². The number of hydrogen-bond donors (Lipinski definition) is 1. The summed E-state index contributed by atoms with van der Waals surface area (Å²) in [6, 6.07) is 0.601. The van der Waals surface area contributed by atoms with Crippen molar-refractivity contribution >= 4 is 5.91 Å². The topological polar surface area (TPSA) is 108 Å². The molecule has 32 heavy (non-hydrogen) atoms. The fourth-order valence-corrected chi connectivity index (χ4v) is 5.51. The first kappa shape index (κ1) is 21.3. The maximum Gasteiger partial charge on any atom is 0.278 e. The number of H-pyrrole nitrogens is 1. The van der Waals surface area contributed by atoms with Gasteiger partial charge in [-0.1, -0.05) is 12.1 Å². The third-order valence-electron chi connectivity index (χ3n) is 7.64. The van der Waals surface area contributed by atoms with Crippen LogP contribution >= 0.6 is 0 Å². The number of aromatic amines is 1. The monoisotopic (exact) mass is 440 g/mol. The van der Waals surface area contributed by atoms with Crippen molar-refractivity contribution in [3.8, 4) is 0 Å². The molecule has 4 heterocycles. The van der Waals surface area contributed by atoms with E-state index >= 15 is 0 Å². The maximum absolute atomic E-state index is 13.0. The highest BCUT2D eigenvalue weighted by Crippen LogP contribution is 2.31. The van der Waals surface area contributed by atoms with Gasteiger partial charge in [0, 0.05) is 44.6 Å². The van der Waals surface area contributed by atoms with E-state index in [0.29, 0.717) is 24.8 Å². The fraction of sp³-hybridized carbons (Fsp3) is 0.696. The zero-order valence-electron chi connectivity index (χ0n) is 19.0. The number of amides is 1. The zero-order chi connectivity index (χ0) is 22.2. The van der Waals surface area contributed by atoms with Crippen LogP contribution in [0.15, 0.2) is 9.42 Å². The number of fused-ring (bicyclic) bond motifs is 1. The number of rotatable bonds is 3. The smallest absolute Gasteiger partial charge is 0.278 e. The molecule has 0 aromatic carbocycles. The van der Waals surface area contributed by atoms with Crippen LogP contribution in [0.3, 0.4) is 0 Å². The van der Waals surface area contributed by atoms with E-state index in [4.69, 9.17) is 4.98 Å². The normalized spacial score (nSPS) is 25.0. The summed E-state index contributed by atoms with van der Waals surface area (Å²) in [5, 5.41) is 7.43. The molecule has 2 fully saturated rings. The molecule has 2 aromatic heterocycles. The van der Waals surface area contributed by atoms with Gasteiger partial charge in [-0.05, 0) is 56.5 Å². The molecule has 1 saturated carbocycles. The second kappa shape index (κ2) is 8.77. The van der Waals surface area contributed by atoms with Crippen LogP contribution in [0.4, 0.5) is 0 Å². The molecule has 0 spiro atoms. The van der Waals surface area contributed by atoms with Gasteiger partial charge in [-0.25, -0.2) is 9.61 Å². The van der Waals surface area contributed by atoms with Gasteiger partial charge in [0.15, 0.2) is 5.69 Å². The molecule has 3 aliphatic rings. The SMILES string of the molecule is Cc1nonc1C(=O)N1CCC(c2nc3c(c(=O)[nH]2)CN(C2CCC(C)CC2)CC3)CC1. The molecule has 1 N–H and O–H groups in total. The van der Waals surface area contributed by atoms with Crippen LogP contribution < -0.4 is 5.56 Å². The molecule has 0 bridgehead atoms. The molecule has 9 nitrogen and oxygen atoms in total. The third kappa shape index (κ3) is 4.10. The van der Waals surface area contributed by atoms with Crippen LogP contribution in [0.2, 0.25) is 0 Å². The summed E-state index contributed by atoms with van der Waals surface area (Å²) in [4.78, 5) is 37.9. The van der Waals surface area contributed by atoms with Crippen LogP contribution in [-0.2, 0) is 13.0 Å². The van der Waals surface area contributed by atoms with E-state index in [1.54, 1.807) is 11.8 Å². The van der Waals surface area contributed by atoms with E-state index in [1.165, 1.54) is 25.7 Å². The Morgan fingerprint density at radius 3 is 2.50 bits per heavy atom. The summed E-state index contributed by atoms with van der Waals surface area (Å²) in [6.07, 6.45) is 7.43. The molecule has 5 rings (SSSR count). The Balaban J connectivity index is 1.24. The van der Waals surface area contributed by atoms with Crippen LogP contribution in [-0.4, -0.2) is 61.7 Å². The van der Waals surface area contributed by atoms with Crippen LogP contribution in [0.25, 0.3) is 0 Å². The van der Waals surface area contributed by atoms with Gasteiger partial charge < -0.3 is 9.88 Å². The third-order valence-corrected chi connectivity index (χ3v) is 7.64. The second-order valence-corrected chi connectivity index (χ2v) is 9.78. The molecule has 0 radical (unpaired) electrons. The average molecular weight is 441 g/mol. The zero-order valence-corrected chi connectivity index (χ0v) is 19.0. The molecular formula is C23H32N6O3. The number of piperidine rings is 1. The lowest BCUT2D eigenvalue weighted by Gasteiger charge is -2.38. The molecule has 172 valence electrons. The number of nitrogens with one attached hydrogen (secondary N) is 1. The van der Waals surface area contributed by atoms with Gasteiger partial charge in [0.1, 0.15) is 11.5 Å². The Labute approximate surface area is 187 Å². The first-order valence-corrected chi connectivity index (χ1v) is 11.9. The molecule has 1 saturated heterocycles. The van der Waals surface area contributed by atoms with E-state index in [2.05, 4.69) is 31.7 Å². The lowest BCUT2D eigenvalue weighted by molar-refractivity contribution is 0.0699. The molecule has 1 amide bonds. The minimum Gasteiger partial charge on any atom is -0.337 e. The minimum absolute atomic E-state index is 0.0154. The molecule has 1 aliphatic carbocycles. The predicted octanol–water partition coefficient (Wildman–Crippen LogP) is 2.42. The van der Waals surface area contributed by atoms with Gasteiger partial charge in [-0.3, -0.25) is 14.5 Å². The number of nitrogens with zero attached hydrogens (tertiary/aromatic N) is 5. The van der Waals surface area contributed by atoms with E-state index in [1.807, 2.05) is 0 Å². The van der Waals surface area contributed by atoms with Crippen molar-refractivity contribution < 1.29 is 9.42 Å². The van der Waals surface area contributed by atoms with Gasteiger partial charge in [0.05, 0.1) is 11.3 Å². The van der Waals surface area contributed by atoms with E-state index in [-0.39, 0.29) is 23.1 Å². The number of aryl methyl sites for hydroxylation is 1. The summed E-state index contributed by atoms with van der Waals surface area (Å²) >= 11 is 0. The van der Waals surface area contributed by atoms with Crippen LogP contribution in [0.1, 0.15) is 84.6 Å². The van der Waals surface area contributed by atoms with E-state index in [0.717, 1.165) is 55.4 Å². The summed E-state index contributed by atoms with van der Waals surface area (Å²) in [6.45, 7) is 6.96. The van der Waals surface area contributed by atoms with Crippen molar-refractivity contribution in [1.82, 2.24) is 30.1 Å². The van der Waals surface area contributed by atoms with Crippen molar-refractivity contribution in [2.75, 3.05) is 19.6 Å². The number of carbonyl (C=O) groups excluding carboxylic acids is 1. The highest BCUT2D eigenvalue weighted by Gasteiger charge is 2.32. The summed E-state index contributed by atoms with van der Waals surface area (Å²) in [5.41, 5.74) is 2.62. The number of carbonyl (C=O) groups is 1. The quantitative estimate of drug-likeness (QED) is 0.781. The Morgan fingerprint density at radius 2 is 1.81 bits per heavy atom. The Morgan fingerprint density at radius 1 is 1.06 bits per heavy atom. The first-order chi connectivity index (χ1) is 15.5. The lowest BCUT2D eigenvalue weighted by Crippen LogP contribution is -2.44. The van der Waals surface area contributed by atoms with Gasteiger partial charge in [0.2, 0.25) is 0 Å². The molecular weight excluding hydrogens is 408 g/mol.